The Morgan fingerprint density at radius 3 is 1.42 bits per heavy atom. The highest BCUT2D eigenvalue weighted by atomic mass is 16.3. The standard InChI is InChI=1S/C7H8.C4H10O2.2CHNO/c1-7-5-3-2-4-6-7;5-3-1-2-4-6;2*2-1-3/h2-6H,1H3;5-6H,1-4H2;2*2H. The molecular formula is C13H20N2O4. The van der Waals surface area contributed by atoms with Gasteiger partial charge in [0.1, 0.15) is 0 Å². The molecule has 0 saturated heterocycles. The molecule has 0 aliphatic heterocycles. The van der Waals surface area contributed by atoms with Crippen molar-refractivity contribution in [3.8, 4) is 0 Å². The van der Waals surface area contributed by atoms with Crippen LogP contribution in [0.4, 0.5) is 0 Å². The van der Waals surface area contributed by atoms with E-state index in [2.05, 4.69) is 19.1 Å². The molecule has 0 aromatic heterocycles. The van der Waals surface area contributed by atoms with Crippen molar-refractivity contribution >= 4 is 12.2 Å². The van der Waals surface area contributed by atoms with E-state index >= 15 is 0 Å². The van der Waals surface area contributed by atoms with Crippen molar-refractivity contribution in [1.29, 1.82) is 10.8 Å². The molecule has 1 aromatic rings. The highest BCUT2D eigenvalue weighted by molar-refractivity contribution is 5.26. The minimum Gasteiger partial charge on any atom is -0.396 e. The first-order chi connectivity index (χ1) is 9.14. The Morgan fingerprint density at radius 2 is 1.26 bits per heavy atom. The molecule has 0 saturated carbocycles. The Morgan fingerprint density at radius 1 is 0.947 bits per heavy atom. The van der Waals surface area contributed by atoms with Crippen molar-refractivity contribution in [2.24, 2.45) is 0 Å². The van der Waals surface area contributed by atoms with E-state index in [-0.39, 0.29) is 13.2 Å². The number of hydrogen-bond acceptors (Lipinski definition) is 6. The van der Waals surface area contributed by atoms with E-state index in [9.17, 15) is 0 Å². The Hall–Kier alpha value is -2.10. The maximum Gasteiger partial charge on any atom is 0.231 e. The van der Waals surface area contributed by atoms with Crippen LogP contribution in [0.1, 0.15) is 18.4 Å². The first kappa shape index (κ1) is 22.1. The molecule has 4 N–H and O–H groups in total. The van der Waals surface area contributed by atoms with E-state index in [1.54, 1.807) is 0 Å². The molecule has 0 radical (unpaired) electrons. The number of hydrogen-bond donors (Lipinski definition) is 4. The van der Waals surface area contributed by atoms with Gasteiger partial charge in [0.15, 0.2) is 0 Å². The van der Waals surface area contributed by atoms with Gasteiger partial charge in [-0.05, 0) is 19.8 Å². The molecule has 1 aromatic carbocycles. The van der Waals surface area contributed by atoms with Crippen molar-refractivity contribution in [2.75, 3.05) is 13.2 Å². The maximum atomic E-state index is 8.35. The number of rotatable bonds is 3. The molecule has 6 heteroatoms. The lowest BCUT2D eigenvalue weighted by Gasteiger charge is -1.85. The molecule has 0 bridgehead atoms. The van der Waals surface area contributed by atoms with E-state index < -0.39 is 0 Å². The van der Waals surface area contributed by atoms with Crippen molar-refractivity contribution in [2.45, 2.75) is 19.8 Å². The van der Waals surface area contributed by atoms with E-state index in [1.807, 2.05) is 18.2 Å². The molecule has 0 heterocycles. The summed E-state index contributed by atoms with van der Waals surface area (Å²) in [7, 11) is 0. The first-order valence-corrected chi connectivity index (χ1v) is 5.45. The van der Waals surface area contributed by atoms with Gasteiger partial charge in [-0.2, -0.15) is 0 Å². The summed E-state index contributed by atoms with van der Waals surface area (Å²) >= 11 is 0. The Balaban J connectivity index is -0.000000195. The number of aryl methyl sites for hydroxylation is 1. The lowest BCUT2D eigenvalue weighted by Crippen LogP contribution is -1.85. The third-order valence-corrected chi connectivity index (χ3v) is 1.51. The van der Waals surface area contributed by atoms with Gasteiger partial charge >= 0.3 is 0 Å². The third-order valence-electron chi connectivity index (χ3n) is 1.51. The molecule has 0 unspecified atom stereocenters. The average Bonchev–Trinajstić information content (AvgIpc) is 2.40. The normalized spacial score (nSPS) is 6.89. The molecule has 1 rings (SSSR count). The van der Waals surface area contributed by atoms with Crippen LogP contribution in [-0.4, -0.2) is 35.6 Å². The topological polar surface area (TPSA) is 122 Å². The largest absolute Gasteiger partial charge is 0.396 e. The van der Waals surface area contributed by atoms with E-state index in [0.29, 0.717) is 0 Å². The van der Waals surface area contributed by atoms with Crippen molar-refractivity contribution in [1.82, 2.24) is 0 Å². The van der Waals surface area contributed by atoms with Gasteiger partial charge in [0.2, 0.25) is 12.2 Å². The van der Waals surface area contributed by atoms with Gasteiger partial charge < -0.3 is 10.2 Å². The summed E-state index contributed by atoms with van der Waals surface area (Å²) in [6, 6.07) is 10.3. The summed E-state index contributed by atoms with van der Waals surface area (Å²) in [5.41, 5.74) is 1.32. The second kappa shape index (κ2) is 24.9. The number of unbranched alkanes of at least 4 members (excludes halogenated alkanes) is 1. The van der Waals surface area contributed by atoms with Gasteiger partial charge in [-0.1, -0.05) is 35.9 Å². The number of aliphatic hydroxyl groups is 2. The van der Waals surface area contributed by atoms with Gasteiger partial charge in [-0.15, -0.1) is 0 Å². The summed E-state index contributed by atoms with van der Waals surface area (Å²) in [4.78, 5) is 16.7. The summed E-state index contributed by atoms with van der Waals surface area (Å²) in [5.74, 6) is 0. The fourth-order valence-electron chi connectivity index (χ4n) is 0.758. The van der Waals surface area contributed by atoms with Gasteiger partial charge in [0, 0.05) is 13.2 Å². The predicted octanol–water partition coefficient (Wildman–Crippen LogP) is 1.55. The molecule has 6 nitrogen and oxygen atoms in total. The molecule has 19 heavy (non-hydrogen) atoms. The van der Waals surface area contributed by atoms with Crippen LogP contribution in [0.2, 0.25) is 0 Å². The highest BCUT2D eigenvalue weighted by Crippen LogP contribution is 1.92. The fourth-order valence-corrected chi connectivity index (χ4v) is 0.758. The molecule has 0 spiro atoms. The lowest BCUT2D eigenvalue weighted by molar-refractivity contribution is 0.242. The summed E-state index contributed by atoms with van der Waals surface area (Å²) in [5, 5.41) is 27.0. The zero-order valence-corrected chi connectivity index (χ0v) is 10.9. The number of benzene rings is 1. The van der Waals surface area contributed by atoms with Crippen molar-refractivity contribution in [3.05, 3.63) is 35.9 Å². The molecule has 0 aliphatic rings. The van der Waals surface area contributed by atoms with Crippen LogP contribution < -0.4 is 0 Å². The first-order valence-electron chi connectivity index (χ1n) is 5.45. The van der Waals surface area contributed by atoms with Crippen LogP contribution in [0.25, 0.3) is 0 Å². The predicted molar refractivity (Wildman–Crippen MR) is 71.4 cm³/mol. The van der Waals surface area contributed by atoms with Crippen LogP contribution >= 0.6 is 0 Å². The number of isocyanates is 2. The summed E-state index contributed by atoms with van der Waals surface area (Å²) in [6.45, 7) is 2.47. The van der Waals surface area contributed by atoms with Crippen LogP contribution in [0.5, 0.6) is 0 Å². The summed E-state index contributed by atoms with van der Waals surface area (Å²) < 4.78 is 0. The zero-order valence-electron chi connectivity index (χ0n) is 10.9. The summed E-state index contributed by atoms with van der Waals surface area (Å²) in [6.07, 6.45) is 2.94. The zero-order chi connectivity index (χ0) is 15.4. The van der Waals surface area contributed by atoms with Crippen LogP contribution in [0, 0.1) is 17.7 Å². The number of nitrogens with one attached hydrogen (secondary N) is 2. The second-order valence-electron chi connectivity index (χ2n) is 3.01. The fraction of sp³-hybridized carbons (Fsp3) is 0.385. The van der Waals surface area contributed by atoms with Crippen molar-refractivity contribution < 1.29 is 19.8 Å². The van der Waals surface area contributed by atoms with Crippen LogP contribution in [-0.2, 0) is 9.59 Å². The molecule has 0 amide bonds. The smallest absolute Gasteiger partial charge is 0.231 e. The number of aliphatic hydroxyl groups excluding tert-OH is 2. The molecule has 0 atom stereocenters. The van der Waals surface area contributed by atoms with Gasteiger partial charge in [-0.25, -0.2) is 20.4 Å². The quantitative estimate of drug-likeness (QED) is 0.377. The third kappa shape index (κ3) is 38.8. The molecule has 0 aliphatic carbocycles. The molecule has 0 fully saturated rings. The second-order valence-corrected chi connectivity index (χ2v) is 3.01. The van der Waals surface area contributed by atoms with E-state index in [0.717, 1.165) is 25.0 Å². The molecule has 106 valence electrons. The lowest BCUT2D eigenvalue weighted by atomic mass is 10.2. The molecular weight excluding hydrogens is 248 g/mol. The van der Waals surface area contributed by atoms with Gasteiger partial charge in [0.25, 0.3) is 0 Å². The van der Waals surface area contributed by atoms with E-state index in [4.69, 9.17) is 30.6 Å². The minimum absolute atomic E-state index is 0.195. The van der Waals surface area contributed by atoms with Crippen LogP contribution in [0.3, 0.4) is 0 Å². The maximum absolute atomic E-state index is 8.35. The highest BCUT2D eigenvalue weighted by Gasteiger charge is 1.77. The Kier molecular flexibility index (Phi) is 29.0. The van der Waals surface area contributed by atoms with Gasteiger partial charge in [-0.3, -0.25) is 0 Å². The monoisotopic (exact) mass is 268 g/mol. The van der Waals surface area contributed by atoms with E-state index in [1.165, 1.54) is 5.56 Å². The SMILES string of the molecule is Cc1ccccc1.N=C=O.N=C=O.OCCCCO. The number of carbonyl (C=O) groups excluding carboxylic acids is 2. The Labute approximate surface area is 112 Å². The Bertz CT molecular complexity index is 314. The van der Waals surface area contributed by atoms with Crippen LogP contribution in [0.15, 0.2) is 30.3 Å². The van der Waals surface area contributed by atoms with Gasteiger partial charge in [0.05, 0.1) is 0 Å². The minimum atomic E-state index is 0.195. The van der Waals surface area contributed by atoms with Crippen molar-refractivity contribution in [3.63, 3.8) is 0 Å². The average molecular weight is 268 g/mol.